The minimum atomic E-state index is -0.221. The number of carbonyl (C=O) groups is 1. The van der Waals surface area contributed by atoms with Gasteiger partial charge in [-0.2, -0.15) is 0 Å². The minimum Gasteiger partial charge on any atom is -0.488 e. The Morgan fingerprint density at radius 3 is 2.30 bits per heavy atom. The summed E-state index contributed by atoms with van der Waals surface area (Å²) in [5.41, 5.74) is 3.90. The first-order chi connectivity index (χ1) is 10.7. The molecule has 3 heteroatoms. The molecule has 2 aromatic rings. The molecule has 0 atom stereocenters. The number of rotatable bonds is 4. The summed E-state index contributed by atoms with van der Waals surface area (Å²) in [5.74, 6) is 0.805. The Balaban J connectivity index is 1.99. The third kappa shape index (κ3) is 5.13. The van der Waals surface area contributed by atoms with E-state index in [1.807, 2.05) is 77.1 Å². The zero-order valence-electron chi connectivity index (χ0n) is 14.6. The highest BCUT2D eigenvalue weighted by atomic mass is 16.5. The van der Waals surface area contributed by atoms with Crippen LogP contribution in [0.1, 0.15) is 37.5 Å². The quantitative estimate of drug-likeness (QED) is 0.891. The highest BCUT2D eigenvalue weighted by Crippen LogP contribution is 2.20. The lowest BCUT2D eigenvalue weighted by Gasteiger charge is -2.21. The SMILES string of the molecule is Cc1cccc(NC(=O)Cc2ccc(OC(C)(C)C)cc2)c1C. The molecule has 2 aromatic carbocycles. The Morgan fingerprint density at radius 2 is 1.70 bits per heavy atom. The van der Waals surface area contributed by atoms with Crippen LogP contribution in [0.5, 0.6) is 5.75 Å². The van der Waals surface area contributed by atoms with Gasteiger partial charge in [-0.1, -0.05) is 24.3 Å². The molecular formula is C20H25NO2. The summed E-state index contributed by atoms with van der Waals surface area (Å²) in [6.45, 7) is 10.1. The molecule has 1 amide bonds. The number of benzene rings is 2. The number of anilines is 1. The van der Waals surface area contributed by atoms with Gasteiger partial charge in [-0.25, -0.2) is 0 Å². The molecule has 122 valence electrons. The summed E-state index contributed by atoms with van der Waals surface area (Å²) in [6.07, 6.45) is 0.350. The summed E-state index contributed by atoms with van der Waals surface area (Å²) >= 11 is 0. The van der Waals surface area contributed by atoms with Gasteiger partial charge in [0.25, 0.3) is 0 Å². The summed E-state index contributed by atoms with van der Waals surface area (Å²) in [6, 6.07) is 13.6. The lowest BCUT2D eigenvalue weighted by atomic mass is 10.1. The molecule has 1 N–H and O–H groups in total. The number of aryl methyl sites for hydroxylation is 1. The average Bonchev–Trinajstić information content (AvgIpc) is 2.44. The van der Waals surface area contributed by atoms with E-state index in [-0.39, 0.29) is 11.5 Å². The standard InChI is InChI=1S/C20H25NO2/c1-14-7-6-8-18(15(14)2)21-19(22)13-16-9-11-17(12-10-16)23-20(3,4)5/h6-12H,13H2,1-5H3,(H,21,22). The van der Waals surface area contributed by atoms with Gasteiger partial charge < -0.3 is 10.1 Å². The van der Waals surface area contributed by atoms with Crippen LogP contribution in [0.2, 0.25) is 0 Å². The van der Waals surface area contributed by atoms with E-state index < -0.39 is 0 Å². The number of hydrogen-bond acceptors (Lipinski definition) is 2. The lowest BCUT2D eigenvalue weighted by Crippen LogP contribution is -2.22. The first kappa shape index (κ1) is 17.1. The zero-order chi connectivity index (χ0) is 17.0. The molecule has 0 fully saturated rings. The van der Waals surface area contributed by atoms with Crippen molar-refractivity contribution < 1.29 is 9.53 Å². The molecule has 0 saturated heterocycles. The van der Waals surface area contributed by atoms with Gasteiger partial charge in [-0.15, -0.1) is 0 Å². The second-order valence-corrected chi connectivity index (χ2v) is 6.83. The maximum Gasteiger partial charge on any atom is 0.228 e. The van der Waals surface area contributed by atoms with E-state index in [4.69, 9.17) is 4.74 Å². The lowest BCUT2D eigenvalue weighted by molar-refractivity contribution is -0.115. The van der Waals surface area contributed by atoms with Crippen molar-refractivity contribution in [2.75, 3.05) is 5.32 Å². The molecule has 0 aliphatic heterocycles. The molecule has 0 heterocycles. The minimum absolute atomic E-state index is 0.0109. The fraction of sp³-hybridized carbons (Fsp3) is 0.350. The van der Waals surface area contributed by atoms with Crippen molar-refractivity contribution >= 4 is 11.6 Å². The van der Waals surface area contributed by atoms with Gasteiger partial charge in [0.15, 0.2) is 0 Å². The van der Waals surface area contributed by atoms with Gasteiger partial charge in [-0.3, -0.25) is 4.79 Å². The molecule has 2 rings (SSSR count). The highest BCUT2D eigenvalue weighted by Gasteiger charge is 2.12. The van der Waals surface area contributed by atoms with Crippen LogP contribution in [-0.2, 0) is 11.2 Å². The summed E-state index contributed by atoms with van der Waals surface area (Å²) in [5, 5.41) is 2.98. The maximum absolute atomic E-state index is 12.2. The molecule has 23 heavy (non-hydrogen) atoms. The monoisotopic (exact) mass is 311 g/mol. The van der Waals surface area contributed by atoms with E-state index in [0.717, 1.165) is 22.6 Å². The molecule has 0 spiro atoms. The Morgan fingerprint density at radius 1 is 1.04 bits per heavy atom. The predicted molar refractivity (Wildman–Crippen MR) is 95.1 cm³/mol. The van der Waals surface area contributed by atoms with Crippen LogP contribution >= 0.6 is 0 Å². The van der Waals surface area contributed by atoms with Gasteiger partial charge in [0.05, 0.1) is 6.42 Å². The zero-order valence-corrected chi connectivity index (χ0v) is 14.6. The topological polar surface area (TPSA) is 38.3 Å². The largest absolute Gasteiger partial charge is 0.488 e. The Bertz CT molecular complexity index is 682. The predicted octanol–water partition coefficient (Wildman–Crippen LogP) is 4.66. The molecule has 0 aromatic heterocycles. The molecular weight excluding hydrogens is 286 g/mol. The van der Waals surface area contributed by atoms with Crippen molar-refractivity contribution in [1.82, 2.24) is 0 Å². The summed E-state index contributed by atoms with van der Waals surface area (Å²) < 4.78 is 5.79. The van der Waals surface area contributed by atoms with Gasteiger partial charge in [0, 0.05) is 5.69 Å². The Labute approximate surface area is 138 Å². The van der Waals surface area contributed by atoms with Gasteiger partial charge in [0.2, 0.25) is 5.91 Å². The number of ether oxygens (including phenoxy) is 1. The molecule has 0 aliphatic rings. The van der Waals surface area contributed by atoms with Crippen molar-refractivity contribution in [2.24, 2.45) is 0 Å². The molecule has 0 aliphatic carbocycles. The fourth-order valence-corrected chi connectivity index (χ4v) is 2.30. The van der Waals surface area contributed by atoms with Gasteiger partial charge in [0.1, 0.15) is 11.4 Å². The molecule has 0 unspecified atom stereocenters. The van der Waals surface area contributed by atoms with E-state index in [1.165, 1.54) is 5.56 Å². The first-order valence-electron chi connectivity index (χ1n) is 7.88. The maximum atomic E-state index is 12.2. The van der Waals surface area contributed by atoms with Crippen molar-refractivity contribution in [1.29, 1.82) is 0 Å². The van der Waals surface area contributed by atoms with Crippen molar-refractivity contribution in [3.63, 3.8) is 0 Å². The second kappa shape index (κ2) is 6.86. The van der Waals surface area contributed by atoms with Crippen molar-refractivity contribution in [2.45, 2.75) is 46.6 Å². The highest BCUT2D eigenvalue weighted by molar-refractivity contribution is 5.93. The van der Waals surface area contributed by atoms with Crippen molar-refractivity contribution in [3.05, 3.63) is 59.2 Å². The van der Waals surface area contributed by atoms with Gasteiger partial charge >= 0.3 is 0 Å². The molecule has 3 nitrogen and oxygen atoms in total. The number of hydrogen-bond donors (Lipinski definition) is 1. The third-order valence-electron chi connectivity index (χ3n) is 3.59. The van der Waals surface area contributed by atoms with Crippen LogP contribution in [0, 0.1) is 13.8 Å². The van der Waals surface area contributed by atoms with E-state index >= 15 is 0 Å². The summed E-state index contributed by atoms with van der Waals surface area (Å²) in [4.78, 5) is 12.2. The molecule has 0 saturated carbocycles. The number of nitrogens with one attached hydrogen (secondary N) is 1. The first-order valence-corrected chi connectivity index (χ1v) is 7.88. The average molecular weight is 311 g/mol. The van der Waals surface area contributed by atoms with E-state index in [0.29, 0.717) is 6.42 Å². The normalized spacial score (nSPS) is 11.2. The summed E-state index contributed by atoms with van der Waals surface area (Å²) in [7, 11) is 0. The number of carbonyl (C=O) groups excluding carboxylic acids is 1. The van der Waals surface area contributed by atoms with Crippen LogP contribution in [0.4, 0.5) is 5.69 Å². The van der Waals surface area contributed by atoms with Crippen molar-refractivity contribution in [3.8, 4) is 5.75 Å². The fourth-order valence-electron chi connectivity index (χ4n) is 2.30. The number of amides is 1. The molecule has 0 bridgehead atoms. The van der Waals surface area contributed by atoms with Crippen LogP contribution in [-0.4, -0.2) is 11.5 Å². The third-order valence-corrected chi connectivity index (χ3v) is 3.59. The Hall–Kier alpha value is -2.29. The smallest absolute Gasteiger partial charge is 0.228 e. The van der Waals surface area contributed by atoms with Crippen LogP contribution in [0.25, 0.3) is 0 Å². The van der Waals surface area contributed by atoms with Crippen LogP contribution < -0.4 is 10.1 Å². The second-order valence-electron chi connectivity index (χ2n) is 6.83. The van der Waals surface area contributed by atoms with E-state index in [2.05, 4.69) is 5.32 Å². The Kier molecular flexibility index (Phi) is 5.09. The van der Waals surface area contributed by atoms with Crippen LogP contribution in [0.15, 0.2) is 42.5 Å². The molecule has 0 radical (unpaired) electrons. The van der Waals surface area contributed by atoms with Crippen LogP contribution in [0.3, 0.4) is 0 Å². The van der Waals surface area contributed by atoms with E-state index in [9.17, 15) is 4.79 Å². The van der Waals surface area contributed by atoms with Gasteiger partial charge in [-0.05, 0) is 69.5 Å². The van der Waals surface area contributed by atoms with E-state index in [1.54, 1.807) is 0 Å².